The number of anilines is 2. The molecule has 0 unspecified atom stereocenters. The van der Waals surface area contributed by atoms with Gasteiger partial charge in [0.15, 0.2) is 0 Å². The molecule has 0 saturated carbocycles. The lowest BCUT2D eigenvalue weighted by Crippen LogP contribution is -2.30. The highest BCUT2D eigenvalue weighted by molar-refractivity contribution is 5.45. The van der Waals surface area contributed by atoms with Crippen LogP contribution in [0.15, 0.2) is 30.3 Å². The summed E-state index contributed by atoms with van der Waals surface area (Å²) in [7, 11) is 0. The third-order valence-corrected chi connectivity index (χ3v) is 4.09. The van der Waals surface area contributed by atoms with Gasteiger partial charge in [-0.15, -0.1) is 0 Å². The van der Waals surface area contributed by atoms with Gasteiger partial charge >= 0.3 is 0 Å². The minimum absolute atomic E-state index is 0.723. The highest BCUT2D eigenvalue weighted by Gasteiger charge is 2.13. The second-order valence-corrected chi connectivity index (χ2v) is 6.08. The largest absolute Gasteiger partial charge is 0.356 e. The summed E-state index contributed by atoms with van der Waals surface area (Å²) in [6, 6.07) is 10.6. The van der Waals surface area contributed by atoms with Crippen LogP contribution in [0.5, 0.6) is 0 Å². The Balaban J connectivity index is 1.70. The molecule has 0 radical (unpaired) electrons. The van der Waals surface area contributed by atoms with Crippen molar-refractivity contribution >= 4 is 11.8 Å². The number of piperidine rings is 1. The molecule has 1 aliphatic heterocycles. The van der Waals surface area contributed by atoms with E-state index in [-0.39, 0.29) is 0 Å². The Morgan fingerprint density at radius 2 is 1.73 bits per heavy atom. The fourth-order valence-corrected chi connectivity index (χ4v) is 2.80. The second-order valence-electron chi connectivity index (χ2n) is 6.08. The molecular formula is C18H24N4. The summed E-state index contributed by atoms with van der Waals surface area (Å²) in [6.07, 6.45) is 3.85. The van der Waals surface area contributed by atoms with Crippen molar-refractivity contribution in [3.63, 3.8) is 0 Å². The molecule has 0 spiro atoms. The van der Waals surface area contributed by atoms with Crippen molar-refractivity contribution in [2.75, 3.05) is 23.3 Å². The van der Waals surface area contributed by atoms with E-state index >= 15 is 0 Å². The average molecular weight is 296 g/mol. The van der Waals surface area contributed by atoms with Gasteiger partial charge in [0.05, 0.1) is 0 Å². The van der Waals surface area contributed by atoms with Gasteiger partial charge in [0.1, 0.15) is 5.82 Å². The molecule has 2 aromatic rings. The third-order valence-electron chi connectivity index (χ3n) is 4.09. The van der Waals surface area contributed by atoms with E-state index in [0.717, 1.165) is 37.1 Å². The van der Waals surface area contributed by atoms with Crippen LogP contribution in [-0.4, -0.2) is 23.1 Å². The normalized spacial score (nSPS) is 14.9. The molecule has 1 aromatic heterocycles. The van der Waals surface area contributed by atoms with Crippen molar-refractivity contribution in [2.45, 2.75) is 39.7 Å². The fourth-order valence-electron chi connectivity index (χ4n) is 2.80. The van der Waals surface area contributed by atoms with Crippen LogP contribution in [0.25, 0.3) is 0 Å². The zero-order chi connectivity index (χ0) is 15.4. The smallest absolute Gasteiger partial charge is 0.225 e. The Morgan fingerprint density at radius 3 is 2.45 bits per heavy atom. The molecule has 1 aliphatic rings. The molecular weight excluding hydrogens is 272 g/mol. The third kappa shape index (κ3) is 3.75. The van der Waals surface area contributed by atoms with Gasteiger partial charge in [-0.05, 0) is 38.7 Å². The van der Waals surface area contributed by atoms with Gasteiger partial charge in [-0.2, -0.15) is 4.98 Å². The Labute approximate surface area is 132 Å². The van der Waals surface area contributed by atoms with Gasteiger partial charge in [-0.1, -0.05) is 29.8 Å². The van der Waals surface area contributed by atoms with E-state index in [1.165, 1.54) is 30.4 Å². The molecule has 1 fully saturated rings. The zero-order valence-electron chi connectivity index (χ0n) is 13.5. The van der Waals surface area contributed by atoms with Crippen LogP contribution in [-0.2, 0) is 6.54 Å². The van der Waals surface area contributed by atoms with E-state index in [9.17, 15) is 0 Å². The Hall–Kier alpha value is -2.10. The highest BCUT2D eigenvalue weighted by Crippen LogP contribution is 2.20. The number of hydrogen-bond donors (Lipinski definition) is 1. The van der Waals surface area contributed by atoms with Crippen molar-refractivity contribution < 1.29 is 0 Å². The van der Waals surface area contributed by atoms with Gasteiger partial charge < -0.3 is 10.2 Å². The van der Waals surface area contributed by atoms with E-state index in [2.05, 4.69) is 52.5 Å². The number of nitrogens with one attached hydrogen (secondary N) is 1. The topological polar surface area (TPSA) is 41.1 Å². The number of nitrogens with zero attached hydrogens (tertiary/aromatic N) is 3. The van der Waals surface area contributed by atoms with Crippen molar-refractivity contribution in [2.24, 2.45) is 0 Å². The second kappa shape index (κ2) is 6.77. The first kappa shape index (κ1) is 14.8. The van der Waals surface area contributed by atoms with Gasteiger partial charge in [0.25, 0.3) is 0 Å². The van der Waals surface area contributed by atoms with Gasteiger partial charge in [0.2, 0.25) is 5.95 Å². The molecule has 0 aliphatic carbocycles. The van der Waals surface area contributed by atoms with Gasteiger partial charge in [-0.3, -0.25) is 0 Å². The summed E-state index contributed by atoms with van der Waals surface area (Å²) < 4.78 is 0. The summed E-state index contributed by atoms with van der Waals surface area (Å²) in [5.74, 6) is 1.78. The lowest BCUT2D eigenvalue weighted by Gasteiger charge is -2.28. The molecule has 0 bridgehead atoms. The molecule has 22 heavy (non-hydrogen) atoms. The molecule has 2 heterocycles. The van der Waals surface area contributed by atoms with Crippen LogP contribution in [0, 0.1) is 13.8 Å². The number of aryl methyl sites for hydroxylation is 2. The highest BCUT2D eigenvalue weighted by atomic mass is 15.2. The van der Waals surface area contributed by atoms with Crippen LogP contribution >= 0.6 is 0 Å². The van der Waals surface area contributed by atoms with Gasteiger partial charge in [-0.25, -0.2) is 4.98 Å². The van der Waals surface area contributed by atoms with E-state index in [0.29, 0.717) is 0 Å². The first-order valence-electron chi connectivity index (χ1n) is 8.11. The average Bonchev–Trinajstić information content (AvgIpc) is 2.55. The minimum atomic E-state index is 0.723. The molecule has 0 atom stereocenters. The van der Waals surface area contributed by atoms with E-state index in [1.54, 1.807) is 0 Å². The van der Waals surface area contributed by atoms with Crippen molar-refractivity contribution in [1.82, 2.24) is 9.97 Å². The standard InChI is InChI=1S/C18H24N4/c1-14-6-8-16(9-7-14)13-19-18-20-15(2)12-17(21-18)22-10-4-3-5-11-22/h6-9,12H,3-5,10-11,13H2,1-2H3,(H,19,20,21). The predicted octanol–water partition coefficient (Wildman–Crippen LogP) is 3.70. The Morgan fingerprint density at radius 1 is 1.00 bits per heavy atom. The SMILES string of the molecule is Cc1ccc(CNc2nc(C)cc(N3CCCCC3)n2)cc1. The molecule has 116 valence electrons. The molecule has 0 amide bonds. The van der Waals surface area contributed by atoms with Crippen LogP contribution in [0.4, 0.5) is 11.8 Å². The summed E-state index contributed by atoms with van der Waals surface area (Å²) in [6.45, 7) is 7.10. The maximum absolute atomic E-state index is 4.69. The van der Waals surface area contributed by atoms with Crippen LogP contribution in [0.1, 0.15) is 36.1 Å². The number of hydrogen-bond acceptors (Lipinski definition) is 4. The molecule has 4 heteroatoms. The van der Waals surface area contributed by atoms with E-state index < -0.39 is 0 Å². The summed E-state index contributed by atoms with van der Waals surface area (Å²) in [5, 5.41) is 3.35. The van der Waals surface area contributed by atoms with Gasteiger partial charge in [0, 0.05) is 31.4 Å². The fraction of sp³-hybridized carbons (Fsp3) is 0.444. The Bertz CT molecular complexity index is 615. The van der Waals surface area contributed by atoms with Crippen LogP contribution in [0.3, 0.4) is 0 Å². The summed E-state index contributed by atoms with van der Waals surface area (Å²) >= 11 is 0. The molecule has 1 saturated heterocycles. The molecule has 1 N–H and O–H groups in total. The number of benzene rings is 1. The van der Waals surface area contributed by atoms with Crippen LogP contribution in [0.2, 0.25) is 0 Å². The van der Waals surface area contributed by atoms with E-state index in [1.807, 2.05) is 6.92 Å². The molecule has 4 nitrogen and oxygen atoms in total. The monoisotopic (exact) mass is 296 g/mol. The zero-order valence-corrected chi connectivity index (χ0v) is 13.5. The predicted molar refractivity (Wildman–Crippen MR) is 91.3 cm³/mol. The van der Waals surface area contributed by atoms with Crippen molar-refractivity contribution in [3.8, 4) is 0 Å². The van der Waals surface area contributed by atoms with Crippen LogP contribution < -0.4 is 10.2 Å². The van der Waals surface area contributed by atoms with E-state index in [4.69, 9.17) is 4.98 Å². The maximum Gasteiger partial charge on any atom is 0.225 e. The number of rotatable bonds is 4. The molecule has 3 rings (SSSR count). The Kier molecular flexibility index (Phi) is 4.56. The van der Waals surface area contributed by atoms with Crippen molar-refractivity contribution in [1.29, 1.82) is 0 Å². The van der Waals surface area contributed by atoms with Crippen molar-refractivity contribution in [3.05, 3.63) is 47.2 Å². The maximum atomic E-state index is 4.69. The first-order chi connectivity index (χ1) is 10.7. The lowest BCUT2D eigenvalue weighted by atomic mass is 10.1. The minimum Gasteiger partial charge on any atom is -0.356 e. The lowest BCUT2D eigenvalue weighted by molar-refractivity contribution is 0.573. The summed E-state index contributed by atoms with van der Waals surface area (Å²) in [5.41, 5.74) is 3.54. The molecule has 1 aromatic carbocycles. The first-order valence-corrected chi connectivity index (χ1v) is 8.11. The quantitative estimate of drug-likeness (QED) is 0.934. The number of aromatic nitrogens is 2. The summed E-state index contributed by atoms with van der Waals surface area (Å²) in [4.78, 5) is 11.6.